The molecule has 0 atom stereocenters. The Balaban J connectivity index is 2.43. The minimum absolute atomic E-state index is 0.0547. The molecule has 22 heavy (non-hydrogen) atoms. The zero-order valence-electron chi connectivity index (χ0n) is 13.5. The third kappa shape index (κ3) is 3.48. The summed E-state index contributed by atoms with van der Waals surface area (Å²) in [4.78, 5) is 10.8. The van der Waals surface area contributed by atoms with Gasteiger partial charge in [0.25, 0.3) is 0 Å². The maximum Gasteiger partial charge on any atom is 0.307 e. The number of benzene rings is 2. The van der Waals surface area contributed by atoms with Crippen molar-refractivity contribution in [3.8, 4) is 16.9 Å². The summed E-state index contributed by atoms with van der Waals surface area (Å²) in [7, 11) is 1.70. The molecule has 116 valence electrons. The van der Waals surface area contributed by atoms with Gasteiger partial charge < -0.3 is 9.84 Å². The molecule has 0 saturated carbocycles. The Labute approximate surface area is 131 Å². The number of ether oxygens (including phenoxy) is 1. The van der Waals surface area contributed by atoms with Crippen LogP contribution in [0.25, 0.3) is 11.1 Å². The van der Waals surface area contributed by atoms with Crippen molar-refractivity contribution < 1.29 is 14.6 Å². The van der Waals surface area contributed by atoms with Crippen molar-refractivity contribution in [3.05, 3.63) is 53.1 Å². The lowest BCUT2D eigenvalue weighted by atomic mass is 9.92. The smallest absolute Gasteiger partial charge is 0.307 e. The normalized spacial score (nSPS) is 10.8. The van der Waals surface area contributed by atoms with Gasteiger partial charge in [0, 0.05) is 0 Å². The molecule has 0 aliphatic carbocycles. The second kappa shape index (κ2) is 6.65. The summed E-state index contributed by atoms with van der Waals surface area (Å²) in [5, 5.41) is 8.84. The number of hydrogen-bond acceptors (Lipinski definition) is 2. The molecule has 0 radical (unpaired) electrons. The van der Waals surface area contributed by atoms with Gasteiger partial charge in [0.05, 0.1) is 13.5 Å². The van der Waals surface area contributed by atoms with Crippen LogP contribution in [0.1, 0.15) is 36.5 Å². The summed E-state index contributed by atoms with van der Waals surface area (Å²) in [6, 6.07) is 12.0. The Kier molecular flexibility index (Phi) is 4.86. The number of rotatable bonds is 5. The van der Waals surface area contributed by atoms with Crippen LogP contribution in [0.15, 0.2) is 36.4 Å². The van der Waals surface area contributed by atoms with E-state index in [4.69, 9.17) is 9.84 Å². The molecular weight excluding hydrogens is 276 g/mol. The molecule has 2 rings (SSSR count). The van der Waals surface area contributed by atoms with E-state index < -0.39 is 5.97 Å². The number of carboxylic acid groups (broad SMARTS) is 1. The largest absolute Gasteiger partial charge is 0.496 e. The van der Waals surface area contributed by atoms with Gasteiger partial charge in [-0.3, -0.25) is 4.79 Å². The molecule has 0 aliphatic rings. The highest BCUT2D eigenvalue weighted by Crippen LogP contribution is 2.34. The Morgan fingerprint density at radius 1 is 1.18 bits per heavy atom. The fourth-order valence-electron chi connectivity index (χ4n) is 2.61. The maximum atomic E-state index is 10.8. The molecule has 0 aromatic heterocycles. The van der Waals surface area contributed by atoms with Crippen LogP contribution in [0, 0.1) is 6.92 Å². The van der Waals surface area contributed by atoms with Crippen LogP contribution in [0.4, 0.5) is 0 Å². The molecule has 3 nitrogen and oxygen atoms in total. The van der Waals surface area contributed by atoms with Gasteiger partial charge >= 0.3 is 5.97 Å². The van der Waals surface area contributed by atoms with Crippen molar-refractivity contribution in [1.82, 2.24) is 0 Å². The van der Waals surface area contributed by atoms with E-state index in [-0.39, 0.29) is 6.42 Å². The van der Waals surface area contributed by atoms with E-state index in [2.05, 4.69) is 32.9 Å². The molecular formula is C19H22O3. The minimum atomic E-state index is -0.810. The molecule has 0 bridgehead atoms. The number of aryl methyl sites for hydroxylation is 1. The first-order valence-corrected chi connectivity index (χ1v) is 7.42. The van der Waals surface area contributed by atoms with E-state index in [1.165, 1.54) is 5.56 Å². The molecule has 0 amide bonds. The molecule has 1 N–H and O–H groups in total. The molecule has 2 aromatic carbocycles. The van der Waals surface area contributed by atoms with Crippen molar-refractivity contribution in [2.75, 3.05) is 7.11 Å². The topological polar surface area (TPSA) is 46.5 Å². The number of carbonyl (C=O) groups is 1. The van der Waals surface area contributed by atoms with E-state index in [1.54, 1.807) is 7.11 Å². The first-order valence-electron chi connectivity index (χ1n) is 7.42. The predicted octanol–water partition coefficient (Wildman–Crippen LogP) is 4.42. The highest BCUT2D eigenvalue weighted by atomic mass is 16.5. The van der Waals surface area contributed by atoms with Crippen molar-refractivity contribution >= 4 is 5.97 Å². The van der Waals surface area contributed by atoms with Crippen LogP contribution in [-0.4, -0.2) is 18.2 Å². The molecule has 0 aliphatic heterocycles. The summed E-state index contributed by atoms with van der Waals surface area (Å²) in [5.41, 5.74) is 5.39. The Bertz CT molecular complexity index is 670. The Hall–Kier alpha value is -2.29. The zero-order chi connectivity index (χ0) is 16.3. The summed E-state index contributed by atoms with van der Waals surface area (Å²) in [6.07, 6.45) is 0.0547. The van der Waals surface area contributed by atoms with E-state index >= 15 is 0 Å². The standard InChI is InChI=1S/C19H22O3/c1-12(2)16-11-17(13(3)9-18(16)22-4)15-7-5-14(6-8-15)10-19(20)21/h5-9,11-12H,10H2,1-4H3,(H,20,21). The Morgan fingerprint density at radius 2 is 1.82 bits per heavy atom. The van der Waals surface area contributed by atoms with Crippen LogP contribution in [0.3, 0.4) is 0 Å². The van der Waals surface area contributed by atoms with Gasteiger partial charge in [0.2, 0.25) is 0 Å². The lowest BCUT2D eigenvalue weighted by molar-refractivity contribution is -0.136. The molecule has 0 heterocycles. The molecule has 0 unspecified atom stereocenters. The Morgan fingerprint density at radius 3 is 2.32 bits per heavy atom. The van der Waals surface area contributed by atoms with Gasteiger partial charge in [-0.1, -0.05) is 38.1 Å². The third-order valence-corrected chi connectivity index (χ3v) is 3.82. The summed E-state index contributed by atoms with van der Waals surface area (Å²) >= 11 is 0. The average molecular weight is 298 g/mol. The summed E-state index contributed by atoms with van der Waals surface area (Å²) < 4.78 is 5.48. The van der Waals surface area contributed by atoms with E-state index in [1.807, 2.05) is 24.3 Å². The molecule has 0 spiro atoms. The quantitative estimate of drug-likeness (QED) is 0.888. The number of hydrogen-bond donors (Lipinski definition) is 1. The third-order valence-electron chi connectivity index (χ3n) is 3.82. The number of methoxy groups -OCH3 is 1. The molecule has 0 saturated heterocycles. The van der Waals surface area contributed by atoms with Crippen LogP contribution in [0.5, 0.6) is 5.75 Å². The summed E-state index contributed by atoms with van der Waals surface area (Å²) in [6.45, 7) is 6.35. The van der Waals surface area contributed by atoms with Crippen molar-refractivity contribution in [3.63, 3.8) is 0 Å². The van der Waals surface area contributed by atoms with E-state index in [9.17, 15) is 4.79 Å². The maximum absolute atomic E-state index is 10.8. The van der Waals surface area contributed by atoms with Crippen molar-refractivity contribution in [2.45, 2.75) is 33.1 Å². The first kappa shape index (κ1) is 16.1. The van der Waals surface area contributed by atoms with Crippen LogP contribution in [-0.2, 0) is 11.2 Å². The van der Waals surface area contributed by atoms with Gasteiger partial charge in [-0.2, -0.15) is 0 Å². The lowest BCUT2D eigenvalue weighted by Crippen LogP contribution is -2.00. The zero-order valence-corrected chi connectivity index (χ0v) is 13.5. The van der Waals surface area contributed by atoms with Crippen molar-refractivity contribution in [1.29, 1.82) is 0 Å². The van der Waals surface area contributed by atoms with Gasteiger partial charge in [-0.05, 0) is 52.8 Å². The monoisotopic (exact) mass is 298 g/mol. The second-order valence-electron chi connectivity index (χ2n) is 5.83. The van der Waals surface area contributed by atoms with Crippen LogP contribution < -0.4 is 4.74 Å². The van der Waals surface area contributed by atoms with E-state index in [0.29, 0.717) is 5.92 Å². The number of aliphatic carboxylic acids is 1. The fraction of sp³-hybridized carbons (Fsp3) is 0.316. The average Bonchev–Trinajstić information content (AvgIpc) is 2.47. The van der Waals surface area contributed by atoms with Gasteiger partial charge in [-0.25, -0.2) is 0 Å². The molecule has 2 aromatic rings. The highest BCUT2D eigenvalue weighted by Gasteiger charge is 2.12. The second-order valence-corrected chi connectivity index (χ2v) is 5.83. The van der Waals surface area contributed by atoms with Gasteiger partial charge in [0.15, 0.2) is 0 Å². The van der Waals surface area contributed by atoms with Gasteiger partial charge in [0.1, 0.15) is 5.75 Å². The SMILES string of the molecule is COc1cc(C)c(-c2ccc(CC(=O)O)cc2)cc1C(C)C. The number of carboxylic acids is 1. The first-order chi connectivity index (χ1) is 10.4. The van der Waals surface area contributed by atoms with Crippen LogP contribution >= 0.6 is 0 Å². The minimum Gasteiger partial charge on any atom is -0.496 e. The fourth-order valence-corrected chi connectivity index (χ4v) is 2.61. The highest BCUT2D eigenvalue weighted by molar-refractivity contribution is 5.73. The molecule has 3 heteroatoms. The van der Waals surface area contributed by atoms with Crippen LogP contribution in [0.2, 0.25) is 0 Å². The lowest BCUT2D eigenvalue weighted by Gasteiger charge is -2.16. The summed E-state index contributed by atoms with van der Waals surface area (Å²) in [5.74, 6) is 0.481. The van der Waals surface area contributed by atoms with Gasteiger partial charge in [-0.15, -0.1) is 0 Å². The van der Waals surface area contributed by atoms with Crippen molar-refractivity contribution in [2.24, 2.45) is 0 Å². The predicted molar refractivity (Wildman–Crippen MR) is 88.6 cm³/mol. The van der Waals surface area contributed by atoms with E-state index in [0.717, 1.165) is 28.0 Å². The molecule has 0 fully saturated rings.